The maximum atomic E-state index is 5.48. The van der Waals surface area contributed by atoms with Crippen molar-refractivity contribution in [2.75, 3.05) is 12.4 Å². The Kier molecular flexibility index (Phi) is 4.33. The molecule has 0 aromatic heterocycles. The summed E-state index contributed by atoms with van der Waals surface area (Å²) in [6.07, 6.45) is 0. The SMILES string of the molecule is COc1ccccc1NC1=C(C)C(C)=C(C)C1(C)[Si](C)C. The molecule has 0 bridgehead atoms. The number of rotatable bonds is 4. The van der Waals surface area contributed by atoms with Crippen LogP contribution in [0, 0.1) is 0 Å². The van der Waals surface area contributed by atoms with Crippen LogP contribution in [-0.4, -0.2) is 15.9 Å². The Bertz CT molecular complexity index is 615. The molecule has 1 unspecified atom stereocenters. The van der Waals surface area contributed by atoms with Crippen LogP contribution in [0.25, 0.3) is 0 Å². The van der Waals surface area contributed by atoms with E-state index in [1.54, 1.807) is 7.11 Å². The lowest BCUT2D eigenvalue weighted by Gasteiger charge is -2.35. The molecule has 0 aliphatic heterocycles. The highest BCUT2D eigenvalue weighted by Gasteiger charge is 2.42. The van der Waals surface area contributed by atoms with E-state index < -0.39 is 8.80 Å². The summed E-state index contributed by atoms with van der Waals surface area (Å²) in [5.41, 5.74) is 6.72. The first-order valence-corrected chi connectivity index (χ1v) is 9.94. The minimum absolute atomic E-state index is 0.152. The normalized spacial score (nSPS) is 22.3. The number of benzene rings is 1. The Labute approximate surface area is 130 Å². The second-order valence-corrected chi connectivity index (χ2v) is 9.20. The van der Waals surface area contributed by atoms with Gasteiger partial charge in [-0.2, -0.15) is 0 Å². The summed E-state index contributed by atoms with van der Waals surface area (Å²) in [7, 11) is 1.19. The van der Waals surface area contributed by atoms with E-state index in [9.17, 15) is 0 Å². The molecule has 0 amide bonds. The summed E-state index contributed by atoms with van der Waals surface area (Å²) in [5, 5.41) is 3.83. The topological polar surface area (TPSA) is 21.3 Å². The second-order valence-electron chi connectivity index (χ2n) is 6.20. The fourth-order valence-corrected chi connectivity index (χ4v) is 4.82. The lowest BCUT2D eigenvalue weighted by atomic mass is 10.0. The lowest BCUT2D eigenvalue weighted by Crippen LogP contribution is -2.29. The van der Waals surface area contributed by atoms with Gasteiger partial charge in [0, 0.05) is 10.7 Å². The zero-order valence-electron chi connectivity index (χ0n) is 14.2. The van der Waals surface area contributed by atoms with Crippen LogP contribution in [0.3, 0.4) is 0 Å². The molecule has 1 radical (unpaired) electrons. The first-order valence-electron chi connectivity index (χ1n) is 7.44. The van der Waals surface area contributed by atoms with Gasteiger partial charge in [0.05, 0.1) is 21.6 Å². The molecule has 0 fully saturated rings. The average Bonchev–Trinajstić information content (AvgIpc) is 2.64. The van der Waals surface area contributed by atoms with Gasteiger partial charge in [-0.15, -0.1) is 0 Å². The monoisotopic (exact) mass is 300 g/mol. The molecule has 1 aliphatic rings. The van der Waals surface area contributed by atoms with E-state index in [4.69, 9.17) is 4.74 Å². The molecule has 2 nitrogen and oxygen atoms in total. The van der Waals surface area contributed by atoms with Gasteiger partial charge >= 0.3 is 0 Å². The number of hydrogen-bond acceptors (Lipinski definition) is 2. The van der Waals surface area contributed by atoms with E-state index in [-0.39, 0.29) is 5.04 Å². The van der Waals surface area contributed by atoms with E-state index in [2.05, 4.69) is 52.2 Å². The van der Waals surface area contributed by atoms with E-state index >= 15 is 0 Å². The van der Waals surface area contributed by atoms with Crippen molar-refractivity contribution in [2.24, 2.45) is 0 Å². The molecule has 0 heterocycles. The number of hydrogen-bond donors (Lipinski definition) is 1. The maximum Gasteiger partial charge on any atom is 0.142 e. The van der Waals surface area contributed by atoms with Gasteiger partial charge < -0.3 is 10.1 Å². The zero-order chi connectivity index (χ0) is 15.8. The molecule has 1 aliphatic carbocycles. The number of allylic oxidation sites excluding steroid dienone is 3. The predicted octanol–water partition coefficient (Wildman–Crippen LogP) is 5.25. The Morgan fingerprint density at radius 2 is 1.67 bits per heavy atom. The highest BCUT2D eigenvalue weighted by atomic mass is 28.3. The molecule has 1 N–H and O–H groups in total. The van der Waals surface area contributed by atoms with Crippen LogP contribution in [0.5, 0.6) is 5.75 Å². The number of para-hydroxylation sites is 2. The van der Waals surface area contributed by atoms with Crippen LogP contribution in [0.4, 0.5) is 5.69 Å². The summed E-state index contributed by atoms with van der Waals surface area (Å²) < 4.78 is 5.48. The van der Waals surface area contributed by atoms with Crippen LogP contribution in [0.2, 0.25) is 18.1 Å². The fraction of sp³-hybridized carbons (Fsp3) is 0.444. The summed E-state index contributed by atoms with van der Waals surface area (Å²) in [6.45, 7) is 13.9. The lowest BCUT2D eigenvalue weighted by molar-refractivity contribution is 0.416. The van der Waals surface area contributed by atoms with E-state index in [0.29, 0.717) is 0 Å². The first-order chi connectivity index (χ1) is 9.83. The van der Waals surface area contributed by atoms with Crippen LogP contribution in [0.1, 0.15) is 27.7 Å². The van der Waals surface area contributed by atoms with Crippen molar-refractivity contribution in [3.63, 3.8) is 0 Å². The van der Waals surface area contributed by atoms with Gasteiger partial charge in [-0.25, -0.2) is 0 Å². The predicted molar refractivity (Wildman–Crippen MR) is 93.5 cm³/mol. The highest BCUT2D eigenvalue weighted by molar-refractivity contribution is 6.61. The standard InChI is InChI=1S/C18H26NOSi/c1-12-13(2)17(18(4,14(12)3)21(6)7)19-15-10-8-9-11-16(15)20-5/h8-11,19H,1-7H3. The van der Waals surface area contributed by atoms with E-state index in [1.807, 2.05) is 18.2 Å². The van der Waals surface area contributed by atoms with Crippen molar-refractivity contribution in [3.8, 4) is 5.75 Å². The largest absolute Gasteiger partial charge is 0.495 e. The van der Waals surface area contributed by atoms with Gasteiger partial charge in [0.2, 0.25) is 0 Å². The molecule has 21 heavy (non-hydrogen) atoms. The van der Waals surface area contributed by atoms with Crippen LogP contribution in [-0.2, 0) is 0 Å². The molecule has 1 atom stereocenters. The summed E-state index contributed by atoms with van der Waals surface area (Å²) >= 11 is 0. The molecule has 2 rings (SSSR count). The van der Waals surface area contributed by atoms with Crippen molar-refractivity contribution in [3.05, 3.63) is 46.7 Å². The highest BCUT2D eigenvalue weighted by Crippen LogP contribution is 2.54. The molecule has 1 aromatic carbocycles. The van der Waals surface area contributed by atoms with E-state index in [1.165, 1.54) is 22.4 Å². The van der Waals surface area contributed by atoms with Crippen molar-refractivity contribution >= 4 is 14.5 Å². The average molecular weight is 300 g/mol. The molecule has 1 aromatic rings. The minimum Gasteiger partial charge on any atom is -0.495 e. The molecular formula is C18H26NOSi. The van der Waals surface area contributed by atoms with Gasteiger partial charge in [0.25, 0.3) is 0 Å². The smallest absolute Gasteiger partial charge is 0.142 e. The van der Waals surface area contributed by atoms with Crippen molar-refractivity contribution in [1.82, 2.24) is 0 Å². The summed E-state index contributed by atoms with van der Waals surface area (Å²) in [6, 6.07) is 8.13. The van der Waals surface area contributed by atoms with Gasteiger partial charge in [-0.05, 0) is 44.1 Å². The van der Waals surface area contributed by atoms with Gasteiger partial charge in [-0.3, -0.25) is 0 Å². The number of ether oxygens (including phenoxy) is 1. The van der Waals surface area contributed by atoms with Crippen molar-refractivity contribution < 1.29 is 4.74 Å². The zero-order valence-corrected chi connectivity index (χ0v) is 15.2. The van der Waals surface area contributed by atoms with E-state index in [0.717, 1.165) is 11.4 Å². The minimum atomic E-state index is -0.530. The Morgan fingerprint density at radius 3 is 2.24 bits per heavy atom. The van der Waals surface area contributed by atoms with Crippen LogP contribution in [0.15, 0.2) is 46.7 Å². The third-order valence-electron chi connectivity index (χ3n) is 5.12. The van der Waals surface area contributed by atoms with Crippen molar-refractivity contribution in [1.29, 1.82) is 0 Å². The molecular weight excluding hydrogens is 274 g/mol. The maximum absolute atomic E-state index is 5.48. The first kappa shape index (κ1) is 15.9. The molecule has 0 saturated carbocycles. The molecule has 0 saturated heterocycles. The molecule has 113 valence electrons. The Morgan fingerprint density at radius 1 is 1.05 bits per heavy atom. The van der Waals surface area contributed by atoms with Crippen LogP contribution < -0.4 is 10.1 Å². The summed E-state index contributed by atoms with van der Waals surface area (Å²) in [4.78, 5) is 0. The Hall–Kier alpha value is -1.48. The third-order valence-corrected chi connectivity index (χ3v) is 7.74. The van der Waals surface area contributed by atoms with Gasteiger partial charge in [0.1, 0.15) is 5.75 Å². The van der Waals surface area contributed by atoms with Crippen LogP contribution >= 0.6 is 0 Å². The summed E-state index contributed by atoms with van der Waals surface area (Å²) in [5.74, 6) is 0.892. The number of methoxy groups -OCH3 is 1. The van der Waals surface area contributed by atoms with Gasteiger partial charge in [-0.1, -0.05) is 37.7 Å². The number of anilines is 1. The van der Waals surface area contributed by atoms with Gasteiger partial charge in [0.15, 0.2) is 0 Å². The van der Waals surface area contributed by atoms with Crippen molar-refractivity contribution in [2.45, 2.75) is 45.8 Å². The molecule has 0 spiro atoms. The second kappa shape index (κ2) is 5.72. The molecule has 3 heteroatoms. The quantitative estimate of drug-likeness (QED) is 0.767. The number of nitrogens with one attached hydrogen (secondary N) is 1. The third kappa shape index (κ3) is 2.44. The fourth-order valence-electron chi connectivity index (χ4n) is 3.13. The Balaban J connectivity index is 2.48.